The average Bonchev–Trinajstić information content (AvgIpc) is 3.46. The van der Waals surface area contributed by atoms with Gasteiger partial charge in [-0.1, -0.05) is 12.1 Å². The summed E-state index contributed by atoms with van der Waals surface area (Å²) in [5.41, 5.74) is 2.41. The smallest absolute Gasteiger partial charge is 0.356 e. The van der Waals surface area contributed by atoms with Crippen molar-refractivity contribution in [3.8, 4) is 11.3 Å². The number of hydrogen-bond acceptors (Lipinski definition) is 7. The summed E-state index contributed by atoms with van der Waals surface area (Å²) >= 11 is 0. The molecule has 2 N–H and O–H groups in total. The largest absolute Gasteiger partial charge is 0.476 e. The number of ether oxygens (including phenoxy) is 1. The van der Waals surface area contributed by atoms with Gasteiger partial charge in [0, 0.05) is 23.6 Å². The van der Waals surface area contributed by atoms with E-state index in [4.69, 9.17) is 9.84 Å². The van der Waals surface area contributed by atoms with Crippen molar-refractivity contribution >= 4 is 29.2 Å². The number of carboxylic acids is 1. The molecule has 0 saturated carbocycles. The van der Waals surface area contributed by atoms with Crippen LogP contribution in [0.25, 0.3) is 16.9 Å². The number of anilines is 1. The summed E-state index contributed by atoms with van der Waals surface area (Å²) in [5.74, 6) is -2.03. The van der Waals surface area contributed by atoms with Crippen LogP contribution in [-0.4, -0.2) is 53.9 Å². The number of rotatable bonds is 7. The predicted octanol–water partition coefficient (Wildman–Crippen LogP) is 2.67. The number of carbonyl (C=O) groups is 3. The van der Waals surface area contributed by atoms with Crippen molar-refractivity contribution in [2.24, 2.45) is 0 Å². The lowest BCUT2D eigenvalue weighted by atomic mass is 10.1. The maximum atomic E-state index is 12.7. The van der Waals surface area contributed by atoms with Gasteiger partial charge in [0.15, 0.2) is 11.3 Å². The Morgan fingerprint density at radius 3 is 2.76 bits per heavy atom. The number of hydrogen-bond donors (Lipinski definition) is 2. The zero-order valence-electron chi connectivity index (χ0n) is 17.8. The Kier molecular flexibility index (Phi) is 5.85. The van der Waals surface area contributed by atoms with Crippen LogP contribution in [0.1, 0.15) is 40.7 Å². The molecule has 1 atom stereocenters. The highest BCUT2D eigenvalue weighted by atomic mass is 16.5. The maximum Gasteiger partial charge on any atom is 0.356 e. The van der Waals surface area contributed by atoms with Crippen LogP contribution < -0.4 is 5.32 Å². The number of carbonyl (C=O) groups excluding carboxylic acids is 2. The first kappa shape index (κ1) is 21.7. The van der Waals surface area contributed by atoms with Crippen molar-refractivity contribution in [1.82, 2.24) is 24.4 Å². The fraction of sp³-hybridized carbons (Fsp3) is 0.182. The average molecular weight is 448 g/mol. The summed E-state index contributed by atoms with van der Waals surface area (Å²) in [6, 6.07) is 9.45. The van der Waals surface area contributed by atoms with Gasteiger partial charge in [-0.05, 0) is 38.1 Å². The van der Waals surface area contributed by atoms with E-state index in [2.05, 4.69) is 20.5 Å². The Morgan fingerprint density at radius 2 is 2.03 bits per heavy atom. The molecular formula is C22H20N6O5. The highest BCUT2D eigenvalue weighted by Crippen LogP contribution is 2.24. The molecule has 0 spiro atoms. The fourth-order valence-corrected chi connectivity index (χ4v) is 3.25. The lowest BCUT2D eigenvalue weighted by molar-refractivity contribution is -0.119. The monoisotopic (exact) mass is 448 g/mol. The Morgan fingerprint density at radius 1 is 1.21 bits per heavy atom. The van der Waals surface area contributed by atoms with Crippen LogP contribution in [0.15, 0.2) is 55.0 Å². The number of nitrogens with zero attached hydrogens (tertiary/aromatic N) is 5. The van der Waals surface area contributed by atoms with Crippen LogP contribution in [0.3, 0.4) is 0 Å². The Balaban J connectivity index is 1.59. The molecule has 0 saturated heterocycles. The van der Waals surface area contributed by atoms with E-state index in [0.29, 0.717) is 17.0 Å². The zero-order valence-corrected chi connectivity index (χ0v) is 17.8. The standard InChI is InChI=1S/C22H20N6O5/c1-3-33-22(32)16-12-24-28-18(7-9-23-19(16)28)14-5-4-6-15(11-14)25-20(29)13(2)27-10-8-17(26-27)21(30)31/h4-13H,3H2,1-2H3,(H,25,29)(H,30,31). The van der Waals surface area contributed by atoms with Gasteiger partial charge in [0.2, 0.25) is 5.91 Å². The molecule has 1 aromatic carbocycles. The molecule has 168 valence electrons. The van der Waals surface area contributed by atoms with Crippen molar-refractivity contribution in [1.29, 1.82) is 0 Å². The van der Waals surface area contributed by atoms with E-state index in [1.54, 1.807) is 44.3 Å². The number of benzene rings is 1. The molecule has 1 unspecified atom stereocenters. The normalized spacial score (nSPS) is 11.8. The molecule has 4 rings (SSSR count). The second-order valence-corrected chi connectivity index (χ2v) is 7.08. The van der Waals surface area contributed by atoms with Crippen LogP contribution in [0, 0.1) is 0 Å². The minimum absolute atomic E-state index is 0.139. The van der Waals surface area contributed by atoms with Crippen LogP contribution >= 0.6 is 0 Å². The SMILES string of the molecule is CCOC(=O)c1cnn2c(-c3cccc(NC(=O)C(C)n4ccc(C(=O)O)n4)c3)ccnc12. The molecule has 0 aliphatic carbocycles. The van der Waals surface area contributed by atoms with E-state index in [9.17, 15) is 14.4 Å². The third-order valence-electron chi connectivity index (χ3n) is 4.93. The summed E-state index contributed by atoms with van der Waals surface area (Å²) < 4.78 is 7.88. The molecule has 3 aromatic heterocycles. The third kappa shape index (κ3) is 4.28. The molecule has 3 heterocycles. The van der Waals surface area contributed by atoms with Crippen molar-refractivity contribution in [2.75, 3.05) is 11.9 Å². The Bertz CT molecular complexity index is 1360. The first-order chi connectivity index (χ1) is 15.9. The summed E-state index contributed by atoms with van der Waals surface area (Å²) in [6.07, 6.45) is 4.42. The van der Waals surface area contributed by atoms with E-state index in [1.165, 1.54) is 27.7 Å². The molecule has 0 aliphatic heterocycles. The molecule has 11 nitrogen and oxygen atoms in total. The molecule has 0 aliphatic rings. The topological polar surface area (TPSA) is 141 Å². The second-order valence-electron chi connectivity index (χ2n) is 7.08. The Hall–Kier alpha value is -4.54. The summed E-state index contributed by atoms with van der Waals surface area (Å²) in [5, 5.41) is 20.0. The molecule has 0 fully saturated rings. The molecule has 33 heavy (non-hydrogen) atoms. The Labute approximate surface area is 187 Å². The van der Waals surface area contributed by atoms with Gasteiger partial charge in [0.05, 0.1) is 18.5 Å². The van der Waals surface area contributed by atoms with E-state index in [1.807, 2.05) is 6.07 Å². The van der Waals surface area contributed by atoms with Gasteiger partial charge in [0.25, 0.3) is 0 Å². The number of nitrogens with one attached hydrogen (secondary N) is 1. The number of esters is 1. The van der Waals surface area contributed by atoms with Gasteiger partial charge in [0.1, 0.15) is 11.6 Å². The summed E-state index contributed by atoms with van der Waals surface area (Å²) in [4.78, 5) is 40.1. The van der Waals surface area contributed by atoms with Crippen LogP contribution in [0.5, 0.6) is 0 Å². The second kappa shape index (κ2) is 8.91. The van der Waals surface area contributed by atoms with Gasteiger partial charge < -0.3 is 15.2 Å². The highest BCUT2D eigenvalue weighted by molar-refractivity contribution is 5.96. The summed E-state index contributed by atoms with van der Waals surface area (Å²) in [6.45, 7) is 3.58. The van der Waals surface area contributed by atoms with Gasteiger partial charge >= 0.3 is 11.9 Å². The minimum atomic E-state index is -1.16. The zero-order chi connectivity index (χ0) is 23.5. The van der Waals surface area contributed by atoms with Gasteiger partial charge in [-0.3, -0.25) is 9.48 Å². The molecule has 4 aromatic rings. The number of aromatic nitrogens is 5. The number of carboxylic acid groups (broad SMARTS) is 1. The lowest BCUT2D eigenvalue weighted by Gasteiger charge is -2.13. The van der Waals surface area contributed by atoms with Gasteiger partial charge in [-0.15, -0.1) is 0 Å². The van der Waals surface area contributed by atoms with E-state index in [0.717, 1.165) is 5.56 Å². The van der Waals surface area contributed by atoms with Crippen molar-refractivity contribution < 1.29 is 24.2 Å². The predicted molar refractivity (Wildman–Crippen MR) is 117 cm³/mol. The van der Waals surface area contributed by atoms with Gasteiger partial charge in [-0.2, -0.15) is 10.2 Å². The first-order valence-corrected chi connectivity index (χ1v) is 10.1. The lowest BCUT2D eigenvalue weighted by Crippen LogP contribution is -2.24. The number of fused-ring (bicyclic) bond motifs is 1. The minimum Gasteiger partial charge on any atom is -0.476 e. The van der Waals surface area contributed by atoms with E-state index in [-0.39, 0.29) is 23.8 Å². The van der Waals surface area contributed by atoms with Crippen LogP contribution in [0.2, 0.25) is 0 Å². The highest BCUT2D eigenvalue weighted by Gasteiger charge is 2.19. The first-order valence-electron chi connectivity index (χ1n) is 10.1. The van der Waals surface area contributed by atoms with E-state index < -0.39 is 18.0 Å². The van der Waals surface area contributed by atoms with Crippen molar-refractivity contribution in [3.05, 3.63) is 66.2 Å². The van der Waals surface area contributed by atoms with Crippen molar-refractivity contribution in [3.63, 3.8) is 0 Å². The van der Waals surface area contributed by atoms with Crippen LogP contribution in [-0.2, 0) is 9.53 Å². The van der Waals surface area contributed by atoms with E-state index >= 15 is 0 Å². The summed E-state index contributed by atoms with van der Waals surface area (Å²) in [7, 11) is 0. The maximum absolute atomic E-state index is 12.7. The van der Waals surface area contributed by atoms with Crippen molar-refractivity contribution in [2.45, 2.75) is 19.9 Å². The quantitative estimate of drug-likeness (QED) is 0.411. The molecule has 0 radical (unpaired) electrons. The number of aromatic carboxylic acids is 1. The molecule has 11 heteroatoms. The molecule has 0 bridgehead atoms. The van der Waals surface area contributed by atoms with Gasteiger partial charge in [-0.25, -0.2) is 19.1 Å². The fourth-order valence-electron chi connectivity index (χ4n) is 3.25. The van der Waals surface area contributed by atoms with Crippen LogP contribution in [0.4, 0.5) is 5.69 Å². The molecular weight excluding hydrogens is 428 g/mol. The number of amides is 1. The third-order valence-corrected chi connectivity index (χ3v) is 4.93. The molecule has 1 amide bonds.